The molecule has 0 aliphatic heterocycles. The van der Waals surface area contributed by atoms with Crippen molar-refractivity contribution in [2.24, 2.45) is 5.92 Å². The predicted molar refractivity (Wildman–Crippen MR) is 103 cm³/mol. The van der Waals surface area contributed by atoms with Gasteiger partial charge in [-0.3, -0.25) is 4.79 Å². The molecule has 2 amide bonds. The Hall–Kier alpha value is -2.22. The molecule has 150 valence electrons. The number of carbonyl (C=O) groups excluding carboxylic acids is 3. The summed E-state index contributed by atoms with van der Waals surface area (Å²) in [5, 5.41) is 16.2. The highest BCUT2D eigenvalue weighted by atomic mass is 32.2. The third-order valence-corrected chi connectivity index (χ3v) is 4.84. The van der Waals surface area contributed by atoms with E-state index in [1.54, 1.807) is 6.92 Å². The van der Waals surface area contributed by atoms with Gasteiger partial charge in [0.1, 0.15) is 12.6 Å². The molecule has 0 saturated heterocycles. The maximum absolute atomic E-state index is 12.6. The average molecular weight is 396 g/mol. The predicted octanol–water partition coefficient (Wildman–Crippen LogP) is 1.32. The zero-order chi connectivity index (χ0) is 20.2. The third kappa shape index (κ3) is 8.34. The SMILES string of the molecule is CC[C@H](C)[C@H](NC(=O)OCc1ccccc1)C(=O)N[C@@H](CCSC)C(=O)[O-]. The fraction of sp³-hybridized carbons (Fsp3) is 0.526. The second-order valence-electron chi connectivity index (χ2n) is 6.23. The van der Waals surface area contributed by atoms with E-state index >= 15 is 0 Å². The number of hydrogen-bond donors (Lipinski definition) is 2. The number of alkyl carbamates (subject to hydrolysis) is 1. The largest absolute Gasteiger partial charge is 0.548 e. The number of thioether (sulfide) groups is 1. The van der Waals surface area contributed by atoms with E-state index in [0.717, 1.165) is 5.56 Å². The molecule has 1 aromatic rings. The van der Waals surface area contributed by atoms with Gasteiger partial charge >= 0.3 is 6.09 Å². The molecule has 0 bridgehead atoms. The van der Waals surface area contributed by atoms with E-state index in [1.807, 2.05) is 43.5 Å². The van der Waals surface area contributed by atoms with Gasteiger partial charge in [0.2, 0.25) is 5.91 Å². The van der Waals surface area contributed by atoms with Crippen molar-refractivity contribution in [2.75, 3.05) is 12.0 Å². The number of nitrogens with one attached hydrogen (secondary N) is 2. The van der Waals surface area contributed by atoms with Crippen LogP contribution in [0.15, 0.2) is 30.3 Å². The van der Waals surface area contributed by atoms with Gasteiger partial charge in [-0.2, -0.15) is 11.8 Å². The molecule has 2 N–H and O–H groups in total. The van der Waals surface area contributed by atoms with Crippen LogP contribution in [0.2, 0.25) is 0 Å². The number of hydrogen-bond acceptors (Lipinski definition) is 6. The Morgan fingerprint density at radius 3 is 2.41 bits per heavy atom. The van der Waals surface area contributed by atoms with Gasteiger partial charge < -0.3 is 25.3 Å². The van der Waals surface area contributed by atoms with E-state index in [-0.39, 0.29) is 18.9 Å². The van der Waals surface area contributed by atoms with Crippen LogP contribution in [0.3, 0.4) is 0 Å². The maximum Gasteiger partial charge on any atom is 0.408 e. The van der Waals surface area contributed by atoms with Crippen molar-refractivity contribution in [3.05, 3.63) is 35.9 Å². The highest BCUT2D eigenvalue weighted by Gasteiger charge is 2.28. The lowest BCUT2D eigenvalue weighted by atomic mass is 9.98. The molecule has 0 aromatic heterocycles. The molecule has 0 spiro atoms. The number of ether oxygens (including phenoxy) is 1. The van der Waals surface area contributed by atoms with Crippen molar-refractivity contribution in [3.63, 3.8) is 0 Å². The van der Waals surface area contributed by atoms with E-state index in [1.165, 1.54) is 11.8 Å². The highest BCUT2D eigenvalue weighted by Crippen LogP contribution is 2.10. The molecule has 8 heteroatoms. The van der Waals surface area contributed by atoms with Gasteiger partial charge in [0.05, 0.1) is 12.0 Å². The topological polar surface area (TPSA) is 108 Å². The molecule has 7 nitrogen and oxygen atoms in total. The standard InChI is InChI=1S/C19H28N2O5S/c1-4-13(2)16(17(22)20-15(18(23)24)10-11-27-3)21-19(25)26-12-14-8-6-5-7-9-14/h5-9,13,15-16H,4,10-12H2,1-3H3,(H,20,22)(H,21,25)(H,23,24)/p-1/t13-,15-,16-/m0/s1. The van der Waals surface area contributed by atoms with Crippen LogP contribution in [0.25, 0.3) is 0 Å². The fourth-order valence-corrected chi connectivity index (χ4v) is 2.81. The highest BCUT2D eigenvalue weighted by molar-refractivity contribution is 7.98. The second kappa shape index (κ2) is 12.2. The zero-order valence-corrected chi connectivity index (χ0v) is 16.7. The average Bonchev–Trinajstić information content (AvgIpc) is 2.67. The Morgan fingerprint density at radius 2 is 1.85 bits per heavy atom. The van der Waals surface area contributed by atoms with Crippen molar-refractivity contribution in [1.82, 2.24) is 10.6 Å². The van der Waals surface area contributed by atoms with Crippen LogP contribution < -0.4 is 15.7 Å². The molecule has 0 radical (unpaired) electrons. The normalized spacial score (nSPS) is 13.9. The molecule has 0 fully saturated rings. The minimum atomic E-state index is -1.34. The third-order valence-electron chi connectivity index (χ3n) is 4.19. The Kier molecular flexibility index (Phi) is 10.3. The van der Waals surface area contributed by atoms with Crippen LogP contribution in [-0.2, 0) is 20.9 Å². The summed E-state index contributed by atoms with van der Waals surface area (Å²) in [7, 11) is 0. The molecule has 0 aliphatic rings. The van der Waals surface area contributed by atoms with Gasteiger partial charge in [-0.15, -0.1) is 0 Å². The molecular weight excluding hydrogens is 368 g/mol. The van der Waals surface area contributed by atoms with Gasteiger partial charge in [-0.1, -0.05) is 50.6 Å². The Bertz CT molecular complexity index is 611. The van der Waals surface area contributed by atoms with Crippen LogP contribution in [0.1, 0.15) is 32.3 Å². The second-order valence-corrected chi connectivity index (χ2v) is 7.22. The van der Waals surface area contributed by atoms with E-state index in [9.17, 15) is 19.5 Å². The van der Waals surface area contributed by atoms with Crippen LogP contribution in [0, 0.1) is 5.92 Å². The van der Waals surface area contributed by atoms with Crippen molar-refractivity contribution in [2.45, 2.75) is 45.4 Å². The molecule has 3 atom stereocenters. The molecule has 0 heterocycles. The molecule has 0 saturated carbocycles. The van der Waals surface area contributed by atoms with Gasteiger partial charge in [-0.05, 0) is 29.9 Å². The van der Waals surface area contributed by atoms with E-state index in [0.29, 0.717) is 12.2 Å². The maximum atomic E-state index is 12.6. The summed E-state index contributed by atoms with van der Waals surface area (Å²) in [6.07, 6.45) is 1.99. The fourth-order valence-electron chi connectivity index (χ4n) is 2.34. The van der Waals surface area contributed by atoms with Crippen LogP contribution in [-0.4, -0.2) is 42.1 Å². The number of benzene rings is 1. The number of rotatable bonds is 11. The molecular formula is C19H27N2O5S-. The van der Waals surface area contributed by atoms with Crippen LogP contribution in [0.4, 0.5) is 4.79 Å². The molecule has 0 aliphatic carbocycles. The first kappa shape index (κ1) is 22.8. The van der Waals surface area contributed by atoms with Crippen molar-refractivity contribution in [3.8, 4) is 0 Å². The zero-order valence-electron chi connectivity index (χ0n) is 15.9. The first-order valence-corrected chi connectivity index (χ1v) is 10.3. The van der Waals surface area contributed by atoms with E-state index < -0.39 is 30.1 Å². The summed E-state index contributed by atoms with van der Waals surface area (Å²) in [6.45, 7) is 3.76. The summed E-state index contributed by atoms with van der Waals surface area (Å²) in [4.78, 5) is 35.9. The number of amides is 2. The quantitative estimate of drug-likeness (QED) is 0.585. The van der Waals surface area contributed by atoms with Gasteiger partial charge in [0.25, 0.3) is 0 Å². The molecule has 0 unspecified atom stereocenters. The smallest absolute Gasteiger partial charge is 0.408 e. The van der Waals surface area contributed by atoms with Crippen LogP contribution >= 0.6 is 11.8 Å². The summed E-state index contributed by atoms with van der Waals surface area (Å²) >= 11 is 1.48. The van der Waals surface area contributed by atoms with Crippen LogP contribution in [0.5, 0.6) is 0 Å². The summed E-state index contributed by atoms with van der Waals surface area (Å²) < 4.78 is 5.16. The van der Waals surface area contributed by atoms with Crippen molar-refractivity contribution in [1.29, 1.82) is 0 Å². The Morgan fingerprint density at radius 1 is 1.19 bits per heavy atom. The Labute approximate surface area is 164 Å². The van der Waals surface area contributed by atoms with Gasteiger partial charge in [0, 0.05) is 0 Å². The minimum absolute atomic E-state index is 0.0803. The molecule has 27 heavy (non-hydrogen) atoms. The van der Waals surface area contributed by atoms with Crippen molar-refractivity contribution >= 4 is 29.7 Å². The lowest BCUT2D eigenvalue weighted by Gasteiger charge is -2.27. The van der Waals surface area contributed by atoms with Gasteiger partial charge in [-0.25, -0.2) is 4.79 Å². The number of carboxylic acids is 1. The molecule has 1 rings (SSSR count). The summed E-state index contributed by atoms with van der Waals surface area (Å²) in [5.41, 5.74) is 0.825. The van der Waals surface area contributed by atoms with E-state index in [4.69, 9.17) is 4.74 Å². The number of carboxylic acid groups (broad SMARTS) is 1. The lowest BCUT2D eigenvalue weighted by Crippen LogP contribution is -2.56. The monoisotopic (exact) mass is 395 g/mol. The van der Waals surface area contributed by atoms with E-state index in [2.05, 4.69) is 10.6 Å². The van der Waals surface area contributed by atoms with Crippen molar-refractivity contribution < 1.29 is 24.2 Å². The Balaban J connectivity index is 2.68. The molecule has 1 aromatic carbocycles. The minimum Gasteiger partial charge on any atom is -0.548 e. The first-order valence-electron chi connectivity index (χ1n) is 8.86. The lowest BCUT2D eigenvalue weighted by molar-refractivity contribution is -0.308. The summed E-state index contributed by atoms with van der Waals surface area (Å²) in [5.74, 6) is -1.53. The number of aliphatic carboxylic acids is 1. The summed E-state index contributed by atoms with van der Waals surface area (Å²) in [6, 6.07) is 7.18. The van der Waals surface area contributed by atoms with Gasteiger partial charge in [0.15, 0.2) is 0 Å². The first-order chi connectivity index (χ1) is 12.9. The number of carbonyl (C=O) groups is 3.